The second-order valence-electron chi connectivity index (χ2n) is 0. The molecular formula is C3H9NY3-2. The average Bonchev–Trinajstić information content (AvgIpc) is 1.50. The molecule has 0 amide bonds. The third kappa shape index (κ3) is 45.8. The molecule has 0 rings (SSSR count). The van der Waals surface area contributed by atoms with Crippen LogP contribution < -0.4 is 0 Å². The smallest absolute Gasteiger partial charge is 0 e. The van der Waals surface area contributed by atoms with Crippen LogP contribution in [0.25, 0.3) is 5.73 Å². The van der Waals surface area contributed by atoms with Gasteiger partial charge in [-0.05, 0) is 0 Å². The van der Waals surface area contributed by atoms with Crippen LogP contribution in [0.15, 0.2) is 0 Å². The van der Waals surface area contributed by atoms with Crippen LogP contribution in [0.4, 0.5) is 0 Å². The van der Waals surface area contributed by atoms with Gasteiger partial charge in [-0.1, -0.05) is 0 Å². The summed E-state index contributed by atoms with van der Waals surface area (Å²) in [5.74, 6) is 0. The van der Waals surface area contributed by atoms with Gasteiger partial charge >= 0.3 is 0 Å². The minimum atomic E-state index is 0. The maximum absolute atomic E-state index is 5.75. The minimum Gasteiger partial charge on any atom is -0.680 e. The maximum atomic E-state index is 5.75. The summed E-state index contributed by atoms with van der Waals surface area (Å²) in [6.07, 6.45) is 0. The Hall–Kier alpha value is 3.27. The van der Waals surface area contributed by atoms with Gasteiger partial charge in [0.2, 0.25) is 0 Å². The van der Waals surface area contributed by atoms with Crippen LogP contribution in [-0.4, -0.2) is 7.05 Å². The Morgan fingerprint density at radius 1 is 0.857 bits per heavy atom. The predicted molar refractivity (Wildman–Crippen MR) is 21.3 cm³/mol. The van der Waals surface area contributed by atoms with Crippen molar-refractivity contribution in [2.45, 2.75) is 6.92 Å². The maximum Gasteiger partial charge on any atom is 0 e. The zero-order valence-electron chi connectivity index (χ0n) is 4.94. The summed E-state index contributed by atoms with van der Waals surface area (Å²) in [7, 11) is 1.25. The fourth-order valence-electron chi connectivity index (χ4n) is 0. The van der Waals surface area contributed by atoms with E-state index in [0.717, 1.165) is 0 Å². The molecule has 7 heavy (non-hydrogen) atoms. The molecule has 0 saturated heterocycles. The van der Waals surface area contributed by atoms with Gasteiger partial charge in [-0.15, -0.1) is 0 Å². The van der Waals surface area contributed by atoms with Gasteiger partial charge < -0.3 is 12.7 Å². The van der Waals surface area contributed by atoms with Crippen LogP contribution in [-0.2, 0) is 98.1 Å². The van der Waals surface area contributed by atoms with E-state index in [2.05, 4.69) is 6.92 Å². The Morgan fingerprint density at radius 3 is 0.857 bits per heavy atom. The number of rotatable bonds is 0. The Labute approximate surface area is 122 Å². The van der Waals surface area contributed by atoms with Crippen molar-refractivity contribution in [3.8, 4) is 0 Å². The molecule has 3 radical (unpaired) electrons. The van der Waals surface area contributed by atoms with Crippen molar-refractivity contribution in [2.75, 3.05) is 7.05 Å². The normalized spacial score (nSPS) is 1.71. The van der Waals surface area contributed by atoms with E-state index in [1.165, 1.54) is 7.05 Å². The second-order valence-corrected chi connectivity index (χ2v) is 0. The Balaban J connectivity index is -0.00000000267. The van der Waals surface area contributed by atoms with Crippen molar-refractivity contribution in [1.82, 2.24) is 0 Å². The summed E-state index contributed by atoms with van der Waals surface area (Å²) in [6, 6.07) is 0. The standard InChI is InChI=1S/C2H5.CH4N.3Y/c2*1-2;;;/h1H2,2H3;2H,1H3;;;/q2*-1;;;. The first-order valence-electron chi connectivity index (χ1n) is 1.21. The van der Waals surface area contributed by atoms with E-state index in [1.54, 1.807) is 6.92 Å². The molecule has 0 saturated carbocycles. The predicted octanol–water partition coefficient (Wildman–Crippen LogP) is 1.50. The molecule has 0 bridgehead atoms. The van der Waals surface area contributed by atoms with Crippen LogP contribution in [0.3, 0.4) is 0 Å². The van der Waals surface area contributed by atoms with Gasteiger partial charge in [-0.25, -0.2) is 0 Å². The fourth-order valence-corrected chi connectivity index (χ4v) is 0. The van der Waals surface area contributed by atoms with E-state index in [1.807, 2.05) is 0 Å². The zero-order chi connectivity index (χ0) is 4.00. The molecule has 0 atom stereocenters. The van der Waals surface area contributed by atoms with Crippen molar-refractivity contribution < 1.29 is 98.1 Å². The van der Waals surface area contributed by atoms with Gasteiger partial charge in [-0.2, -0.15) is 14.0 Å². The first-order valence-corrected chi connectivity index (χ1v) is 1.21. The Kier molecular flexibility index (Phi) is 269. The summed E-state index contributed by atoms with van der Waals surface area (Å²) in [6.45, 7) is 5.00. The molecule has 0 unspecified atom stereocenters. The van der Waals surface area contributed by atoms with Crippen LogP contribution in [0, 0.1) is 6.92 Å². The quantitative estimate of drug-likeness (QED) is 0.603. The van der Waals surface area contributed by atoms with Crippen LogP contribution in [0.1, 0.15) is 6.92 Å². The molecule has 4 heteroatoms. The van der Waals surface area contributed by atoms with Gasteiger partial charge in [0.25, 0.3) is 0 Å². The molecular weight excluding hydrogens is 317 g/mol. The Bertz CT molecular complexity index is 10.1. The van der Waals surface area contributed by atoms with Gasteiger partial charge in [0.05, 0.1) is 0 Å². The SMILES string of the molecule is C[NH-].[CH2-]C.[Y].[Y].[Y]. The van der Waals surface area contributed by atoms with Crippen molar-refractivity contribution >= 4 is 0 Å². The molecule has 0 spiro atoms. The Morgan fingerprint density at radius 2 is 0.857 bits per heavy atom. The number of hydrogen-bond donors (Lipinski definition) is 0. The topological polar surface area (TPSA) is 23.8 Å². The van der Waals surface area contributed by atoms with Crippen molar-refractivity contribution in [2.24, 2.45) is 0 Å². The molecule has 0 aromatic heterocycles. The molecule has 0 aromatic rings. The van der Waals surface area contributed by atoms with Gasteiger partial charge in [0.1, 0.15) is 0 Å². The fraction of sp³-hybridized carbons (Fsp3) is 0.667. The molecule has 0 fully saturated rings. The number of hydrogen-bond acceptors (Lipinski definition) is 0. The largest absolute Gasteiger partial charge is 0.680 e. The molecule has 0 aliphatic rings. The summed E-state index contributed by atoms with van der Waals surface area (Å²) in [5, 5.41) is 0. The van der Waals surface area contributed by atoms with Crippen molar-refractivity contribution in [3.63, 3.8) is 0 Å². The van der Waals surface area contributed by atoms with Crippen LogP contribution >= 0.6 is 0 Å². The van der Waals surface area contributed by atoms with Crippen LogP contribution in [0.2, 0.25) is 0 Å². The van der Waals surface area contributed by atoms with Crippen molar-refractivity contribution in [3.05, 3.63) is 12.7 Å². The molecule has 37 valence electrons. The van der Waals surface area contributed by atoms with Gasteiger partial charge in [0, 0.05) is 98.1 Å². The van der Waals surface area contributed by atoms with Crippen LogP contribution in [0.5, 0.6) is 0 Å². The molecule has 0 aliphatic carbocycles. The van der Waals surface area contributed by atoms with E-state index < -0.39 is 0 Å². The summed E-state index contributed by atoms with van der Waals surface area (Å²) in [5.41, 5.74) is 5.75. The van der Waals surface area contributed by atoms with Gasteiger partial charge in [-0.3, -0.25) is 0 Å². The van der Waals surface area contributed by atoms with E-state index in [4.69, 9.17) is 5.73 Å². The van der Waals surface area contributed by atoms with E-state index in [9.17, 15) is 0 Å². The van der Waals surface area contributed by atoms with Gasteiger partial charge in [0.15, 0.2) is 0 Å². The van der Waals surface area contributed by atoms with Crippen molar-refractivity contribution in [1.29, 1.82) is 0 Å². The third-order valence-corrected chi connectivity index (χ3v) is 0. The molecule has 0 aromatic carbocycles. The third-order valence-electron chi connectivity index (χ3n) is 0. The monoisotopic (exact) mass is 326 g/mol. The minimum absolute atomic E-state index is 0. The average molecular weight is 326 g/mol. The number of nitrogens with one attached hydrogen (secondary N) is 1. The first-order chi connectivity index (χ1) is 2.00. The van der Waals surface area contributed by atoms with E-state index in [0.29, 0.717) is 0 Å². The zero-order valence-corrected chi connectivity index (χ0v) is 13.5. The molecule has 0 heterocycles. The summed E-state index contributed by atoms with van der Waals surface area (Å²) >= 11 is 0. The van der Waals surface area contributed by atoms with E-state index in [-0.39, 0.29) is 98.1 Å². The van der Waals surface area contributed by atoms with E-state index >= 15 is 0 Å². The second kappa shape index (κ2) is 59.3. The summed E-state index contributed by atoms with van der Waals surface area (Å²) in [4.78, 5) is 0. The molecule has 1 nitrogen and oxygen atoms in total. The first kappa shape index (κ1) is 31.8. The molecule has 0 aliphatic heterocycles. The molecule has 1 N–H and O–H groups in total. The summed E-state index contributed by atoms with van der Waals surface area (Å²) < 4.78 is 0.